The summed E-state index contributed by atoms with van der Waals surface area (Å²) >= 11 is 0. The van der Waals surface area contributed by atoms with Crippen molar-refractivity contribution in [2.24, 2.45) is 0 Å². The molecular formula is C16H24N2O3. The summed E-state index contributed by atoms with van der Waals surface area (Å²) in [6.45, 7) is 4.33. The van der Waals surface area contributed by atoms with Gasteiger partial charge in [0.2, 0.25) is 0 Å². The molecule has 1 aromatic carbocycles. The first-order chi connectivity index (χ1) is 10.1. The number of benzene rings is 1. The molecule has 1 unspecified atom stereocenters. The summed E-state index contributed by atoms with van der Waals surface area (Å²) in [6, 6.07) is 5.94. The Morgan fingerprint density at radius 3 is 2.81 bits per heavy atom. The molecule has 1 aromatic rings. The van der Waals surface area contributed by atoms with Gasteiger partial charge < -0.3 is 20.1 Å². The summed E-state index contributed by atoms with van der Waals surface area (Å²) in [5.74, 6) is 0.772. The van der Waals surface area contributed by atoms with Crippen LogP contribution in [-0.4, -0.2) is 42.3 Å². The molecule has 0 aliphatic heterocycles. The van der Waals surface area contributed by atoms with E-state index in [1.54, 1.807) is 12.0 Å². The van der Waals surface area contributed by atoms with Gasteiger partial charge in [0.05, 0.1) is 19.8 Å². The third kappa shape index (κ3) is 3.88. The van der Waals surface area contributed by atoms with Crippen molar-refractivity contribution in [1.29, 1.82) is 0 Å². The smallest absolute Gasteiger partial charge is 0.318 e. The second-order valence-electron chi connectivity index (χ2n) is 5.56. The number of hydrogen-bond acceptors (Lipinski definition) is 3. The molecule has 116 valence electrons. The maximum atomic E-state index is 12.3. The number of hydrogen-bond donors (Lipinski definition) is 2. The van der Waals surface area contributed by atoms with Crippen molar-refractivity contribution in [2.45, 2.75) is 38.8 Å². The van der Waals surface area contributed by atoms with Crippen LogP contribution in [0.1, 0.15) is 36.9 Å². The van der Waals surface area contributed by atoms with Crippen LogP contribution in [0.2, 0.25) is 0 Å². The lowest BCUT2D eigenvalue weighted by Crippen LogP contribution is -2.43. The van der Waals surface area contributed by atoms with Crippen LogP contribution < -0.4 is 10.1 Å². The highest BCUT2D eigenvalue weighted by molar-refractivity contribution is 5.75. The minimum absolute atomic E-state index is 0.00787. The number of ether oxygens (including phenoxy) is 1. The van der Waals surface area contributed by atoms with Crippen LogP contribution in [0.25, 0.3) is 0 Å². The highest BCUT2D eigenvalue weighted by atomic mass is 16.5. The van der Waals surface area contributed by atoms with E-state index in [4.69, 9.17) is 9.84 Å². The summed E-state index contributed by atoms with van der Waals surface area (Å²) in [5.41, 5.74) is 2.09. The van der Waals surface area contributed by atoms with E-state index < -0.39 is 0 Å². The van der Waals surface area contributed by atoms with E-state index in [1.165, 1.54) is 0 Å². The molecule has 1 saturated carbocycles. The summed E-state index contributed by atoms with van der Waals surface area (Å²) in [6.07, 6.45) is 2.05. The maximum Gasteiger partial charge on any atom is 0.318 e. The van der Waals surface area contributed by atoms with E-state index in [9.17, 15) is 4.79 Å². The number of aliphatic hydroxyl groups excluding tert-OH is 1. The number of amides is 2. The van der Waals surface area contributed by atoms with Crippen LogP contribution in [0, 0.1) is 6.92 Å². The van der Waals surface area contributed by atoms with Gasteiger partial charge in [-0.2, -0.15) is 0 Å². The average molecular weight is 292 g/mol. The molecule has 2 rings (SSSR count). The van der Waals surface area contributed by atoms with Crippen LogP contribution in [0.5, 0.6) is 5.75 Å². The average Bonchev–Trinajstić information content (AvgIpc) is 3.29. The second kappa shape index (κ2) is 6.80. The Hall–Kier alpha value is -1.75. The van der Waals surface area contributed by atoms with E-state index in [0.29, 0.717) is 6.54 Å². The summed E-state index contributed by atoms with van der Waals surface area (Å²) in [4.78, 5) is 14.1. The number of carbonyl (C=O) groups excluding carboxylic acids is 1. The predicted molar refractivity (Wildman–Crippen MR) is 81.5 cm³/mol. The fraction of sp³-hybridized carbons (Fsp3) is 0.562. The Balaban J connectivity index is 2.07. The molecule has 0 bridgehead atoms. The second-order valence-corrected chi connectivity index (χ2v) is 5.56. The molecule has 1 aliphatic rings. The van der Waals surface area contributed by atoms with Gasteiger partial charge in [0.25, 0.3) is 0 Å². The number of urea groups is 1. The molecule has 1 atom stereocenters. The largest absolute Gasteiger partial charge is 0.496 e. The van der Waals surface area contributed by atoms with E-state index >= 15 is 0 Å². The fourth-order valence-corrected chi connectivity index (χ4v) is 2.48. The SMILES string of the molecule is COc1ccc(C)cc1C(C)NC(=O)N(CCO)C1CC1. The molecule has 1 fully saturated rings. The lowest BCUT2D eigenvalue weighted by molar-refractivity contribution is 0.171. The number of rotatable bonds is 6. The first kappa shape index (κ1) is 15.6. The molecular weight excluding hydrogens is 268 g/mol. The minimum atomic E-state index is -0.146. The Labute approximate surface area is 125 Å². The number of aryl methyl sites for hydroxylation is 1. The van der Waals surface area contributed by atoms with Crippen LogP contribution in [-0.2, 0) is 0 Å². The van der Waals surface area contributed by atoms with Crippen molar-refractivity contribution in [3.63, 3.8) is 0 Å². The highest BCUT2D eigenvalue weighted by Crippen LogP contribution is 2.29. The van der Waals surface area contributed by atoms with Gasteiger partial charge in [0.15, 0.2) is 0 Å². The highest BCUT2D eigenvalue weighted by Gasteiger charge is 2.32. The van der Waals surface area contributed by atoms with E-state index in [0.717, 1.165) is 29.7 Å². The van der Waals surface area contributed by atoms with Gasteiger partial charge in [-0.25, -0.2) is 4.79 Å². The minimum Gasteiger partial charge on any atom is -0.496 e. The number of nitrogens with zero attached hydrogens (tertiary/aromatic N) is 1. The van der Waals surface area contributed by atoms with Crippen molar-refractivity contribution in [2.75, 3.05) is 20.3 Å². The number of methoxy groups -OCH3 is 1. The Morgan fingerprint density at radius 1 is 1.52 bits per heavy atom. The van der Waals surface area contributed by atoms with E-state index in [-0.39, 0.29) is 24.7 Å². The van der Waals surface area contributed by atoms with Gasteiger partial charge >= 0.3 is 6.03 Å². The summed E-state index contributed by atoms with van der Waals surface area (Å²) in [7, 11) is 1.63. The molecule has 0 spiro atoms. The van der Waals surface area contributed by atoms with Crippen LogP contribution >= 0.6 is 0 Å². The Bertz CT molecular complexity index is 500. The topological polar surface area (TPSA) is 61.8 Å². The monoisotopic (exact) mass is 292 g/mol. The predicted octanol–water partition coefficient (Wildman–Crippen LogP) is 2.23. The van der Waals surface area contributed by atoms with Crippen molar-refractivity contribution in [1.82, 2.24) is 10.2 Å². The van der Waals surface area contributed by atoms with Crippen molar-refractivity contribution in [3.05, 3.63) is 29.3 Å². The molecule has 2 N–H and O–H groups in total. The van der Waals surface area contributed by atoms with E-state index in [1.807, 2.05) is 32.0 Å². The zero-order valence-corrected chi connectivity index (χ0v) is 12.9. The van der Waals surface area contributed by atoms with Crippen LogP contribution in [0.3, 0.4) is 0 Å². The zero-order valence-electron chi connectivity index (χ0n) is 12.9. The first-order valence-electron chi connectivity index (χ1n) is 7.39. The Morgan fingerprint density at radius 2 is 2.24 bits per heavy atom. The van der Waals surface area contributed by atoms with E-state index in [2.05, 4.69) is 5.32 Å². The van der Waals surface area contributed by atoms with Gasteiger partial charge in [-0.15, -0.1) is 0 Å². The van der Waals surface area contributed by atoms with Crippen molar-refractivity contribution < 1.29 is 14.6 Å². The molecule has 0 aromatic heterocycles. The molecule has 0 saturated heterocycles. The van der Waals surface area contributed by atoms with Gasteiger partial charge in [-0.05, 0) is 32.8 Å². The van der Waals surface area contributed by atoms with Gasteiger partial charge in [0.1, 0.15) is 5.75 Å². The molecule has 2 amide bonds. The number of aliphatic hydroxyl groups is 1. The zero-order chi connectivity index (χ0) is 15.4. The molecule has 21 heavy (non-hydrogen) atoms. The quantitative estimate of drug-likeness (QED) is 0.845. The van der Waals surface area contributed by atoms with Crippen LogP contribution in [0.15, 0.2) is 18.2 Å². The molecule has 1 aliphatic carbocycles. The Kier molecular flexibility index (Phi) is 5.07. The molecule has 5 heteroatoms. The lowest BCUT2D eigenvalue weighted by Gasteiger charge is -2.25. The molecule has 0 radical (unpaired) electrons. The van der Waals surface area contributed by atoms with Gasteiger partial charge in [-0.3, -0.25) is 0 Å². The third-order valence-electron chi connectivity index (χ3n) is 3.78. The first-order valence-corrected chi connectivity index (χ1v) is 7.39. The molecule has 5 nitrogen and oxygen atoms in total. The standard InChI is InChI=1S/C16H24N2O3/c1-11-4-7-15(21-3)14(10-11)12(2)17-16(20)18(8-9-19)13-5-6-13/h4,7,10,12-13,19H,5-6,8-9H2,1-3H3,(H,17,20). The lowest BCUT2D eigenvalue weighted by atomic mass is 10.0. The normalized spacial score (nSPS) is 15.4. The van der Waals surface area contributed by atoms with Gasteiger partial charge in [0, 0.05) is 18.2 Å². The molecule has 0 heterocycles. The van der Waals surface area contributed by atoms with Crippen LogP contribution in [0.4, 0.5) is 4.79 Å². The summed E-state index contributed by atoms with van der Waals surface area (Å²) < 4.78 is 5.37. The fourth-order valence-electron chi connectivity index (χ4n) is 2.48. The van der Waals surface area contributed by atoms with Gasteiger partial charge in [-0.1, -0.05) is 17.7 Å². The maximum absolute atomic E-state index is 12.3. The van der Waals surface area contributed by atoms with Crippen molar-refractivity contribution in [3.8, 4) is 5.75 Å². The summed E-state index contributed by atoms with van der Waals surface area (Å²) in [5, 5.41) is 12.1. The third-order valence-corrected chi connectivity index (χ3v) is 3.78. The van der Waals surface area contributed by atoms with Crippen molar-refractivity contribution >= 4 is 6.03 Å². The number of nitrogens with one attached hydrogen (secondary N) is 1. The number of carbonyl (C=O) groups is 1.